The molecular formula is C16H18N4O2S. The van der Waals surface area contributed by atoms with E-state index in [9.17, 15) is 8.42 Å². The molecule has 0 saturated heterocycles. The predicted octanol–water partition coefficient (Wildman–Crippen LogP) is 2.25. The minimum atomic E-state index is -3.59. The van der Waals surface area contributed by atoms with Crippen LogP contribution >= 0.6 is 0 Å². The molecule has 0 fully saturated rings. The van der Waals surface area contributed by atoms with Crippen LogP contribution in [0.25, 0.3) is 5.69 Å². The van der Waals surface area contributed by atoms with Crippen LogP contribution < -0.4 is 4.72 Å². The van der Waals surface area contributed by atoms with E-state index in [2.05, 4.69) is 9.82 Å². The van der Waals surface area contributed by atoms with E-state index >= 15 is 0 Å². The molecule has 1 atom stereocenters. The molecular weight excluding hydrogens is 312 g/mol. The highest BCUT2D eigenvalue weighted by Gasteiger charge is 2.20. The van der Waals surface area contributed by atoms with Crippen LogP contribution in [0.1, 0.15) is 18.5 Å². The lowest BCUT2D eigenvalue weighted by Crippen LogP contribution is -2.26. The van der Waals surface area contributed by atoms with E-state index in [4.69, 9.17) is 0 Å². The van der Waals surface area contributed by atoms with Crippen molar-refractivity contribution in [3.63, 3.8) is 0 Å². The number of rotatable bonds is 5. The van der Waals surface area contributed by atoms with Crippen LogP contribution in [-0.4, -0.2) is 22.8 Å². The fourth-order valence-electron chi connectivity index (χ4n) is 2.37. The van der Waals surface area contributed by atoms with Crippen molar-refractivity contribution >= 4 is 10.0 Å². The van der Waals surface area contributed by atoms with Crippen LogP contribution in [0.4, 0.5) is 0 Å². The highest BCUT2D eigenvalue weighted by molar-refractivity contribution is 7.89. The molecule has 2 heterocycles. The molecule has 6 nitrogen and oxygen atoms in total. The third kappa shape index (κ3) is 3.35. The van der Waals surface area contributed by atoms with Gasteiger partial charge in [-0.05, 0) is 36.8 Å². The zero-order valence-electron chi connectivity index (χ0n) is 12.9. The summed E-state index contributed by atoms with van der Waals surface area (Å²) in [6.07, 6.45) is 6.71. The second-order valence-electron chi connectivity index (χ2n) is 5.38. The maximum Gasteiger partial charge on any atom is 0.244 e. The molecule has 0 aliphatic carbocycles. The van der Waals surface area contributed by atoms with Gasteiger partial charge in [0.05, 0.1) is 6.20 Å². The molecule has 0 saturated carbocycles. The second-order valence-corrected chi connectivity index (χ2v) is 7.09. The lowest BCUT2D eigenvalue weighted by molar-refractivity contribution is 0.566. The summed E-state index contributed by atoms with van der Waals surface area (Å²) in [5.41, 5.74) is 1.88. The number of hydrogen-bond acceptors (Lipinski definition) is 3. The van der Waals surface area contributed by atoms with Gasteiger partial charge in [-0.15, -0.1) is 0 Å². The highest BCUT2D eigenvalue weighted by atomic mass is 32.2. The Bertz CT molecular complexity index is 898. The van der Waals surface area contributed by atoms with Gasteiger partial charge in [0.2, 0.25) is 10.0 Å². The Labute approximate surface area is 135 Å². The summed E-state index contributed by atoms with van der Waals surface area (Å²) in [5, 5.41) is 3.90. The molecule has 0 spiro atoms. The Balaban J connectivity index is 1.83. The van der Waals surface area contributed by atoms with Crippen LogP contribution in [0.5, 0.6) is 0 Å². The average molecular weight is 330 g/mol. The summed E-state index contributed by atoms with van der Waals surface area (Å²) in [5.74, 6) is 0. The van der Waals surface area contributed by atoms with Crippen LogP contribution in [0.3, 0.4) is 0 Å². The van der Waals surface area contributed by atoms with Gasteiger partial charge in [-0.1, -0.05) is 12.1 Å². The smallest absolute Gasteiger partial charge is 0.244 e. The second kappa shape index (κ2) is 6.02. The molecule has 23 heavy (non-hydrogen) atoms. The van der Waals surface area contributed by atoms with Gasteiger partial charge >= 0.3 is 0 Å². The number of hydrogen-bond donors (Lipinski definition) is 1. The van der Waals surface area contributed by atoms with E-state index in [0.29, 0.717) is 0 Å². The Hall–Kier alpha value is -2.38. The first-order chi connectivity index (χ1) is 11.0. The summed E-state index contributed by atoms with van der Waals surface area (Å²) in [6.45, 7) is 1.82. The van der Waals surface area contributed by atoms with E-state index in [1.807, 2.05) is 60.3 Å². The van der Waals surface area contributed by atoms with Crippen molar-refractivity contribution in [2.75, 3.05) is 0 Å². The summed E-state index contributed by atoms with van der Waals surface area (Å²) in [4.78, 5) is 0.161. The third-order valence-electron chi connectivity index (χ3n) is 3.60. The lowest BCUT2D eigenvalue weighted by Gasteiger charge is -2.15. The third-order valence-corrected chi connectivity index (χ3v) is 5.09. The van der Waals surface area contributed by atoms with Crippen LogP contribution in [0.2, 0.25) is 0 Å². The molecule has 0 bridgehead atoms. The number of nitrogens with one attached hydrogen (secondary N) is 1. The maximum atomic E-state index is 12.4. The first kappa shape index (κ1) is 15.5. The fourth-order valence-corrected chi connectivity index (χ4v) is 3.58. The molecule has 0 aliphatic rings. The number of aromatic nitrogens is 3. The molecule has 1 N–H and O–H groups in total. The molecule has 0 radical (unpaired) electrons. The van der Waals surface area contributed by atoms with Gasteiger partial charge in [0.1, 0.15) is 4.90 Å². The van der Waals surface area contributed by atoms with E-state index < -0.39 is 10.0 Å². The fraction of sp³-hybridized carbons (Fsp3) is 0.188. The predicted molar refractivity (Wildman–Crippen MR) is 87.7 cm³/mol. The minimum Gasteiger partial charge on any atom is -0.324 e. The molecule has 3 aromatic rings. The van der Waals surface area contributed by atoms with Crippen molar-refractivity contribution in [3.8, 4) is 5.69 Å². The van der Waals surface area contributed by atoms with Crippen molar-refractivity contribution in [1.82, 2.24) is 19.1 Å². The lowest BCUT2D eigenvalue weighted by atomic mass is 10.1. The molecule has 1 aromatic carbocycles. The van der Waals surface area contributed by atoms with Gasteiger partial charge in [0, 0.05) is 37.4 Å². The van der Waals surface area contributed by atoms with Crippen LogP contribution in [0, 0.1) is 0 Å². The Morgan fingerprint density at radius 2 is 1.91 bits per heavy atom. The molecule has 0 aliphatic heterocycles. The van der Waals surface area contributed by atoms with E-state index in [-0.39, 0.29) is 10.9 Å². The summed E-state index contributed by atoms with van der Waals surface area (Å²) in [7, 11) is -1.91. The highest BCUT2D eigenvalue weighted by Crippen LogP contribution is 2.19. The number of nitrogens with zero attached hydrogens (tertiary/aromatic N) is 3. The summed E-state index contributed by atoms with van der Waals surface area (Å²) < 4.78 is 30.9. The van der Waals surface area contributed by atoms with Gasteiger partial charge in [-0.2, -0.15) is 5.10 Å². The normalized spacial score (nSPS) is 13.1. The molecule has 7 heteroatoms. The van der Waals surface area contributed by atoms with Crippen molar-refractivity contribution in [2.45, 2.75) is 17.9 Å². The monoisotopic (exact) mass is 330 g/mol. The number of benzene rings is 1. The van der Waals surface area contributed by atoms with Gasteiger partial charge in [-0.3, -0.25) is 4.68 Å². The Morgan fingerprint density at radius 1 is 1.17 bits per heavy atom. The topological polar surface area (TPSA) is 68.9 Å². The van der Waals surface area contributed by atoms with Crippen molar-refractivity contribution < 1.29 is 8.42 Å². The van der Waals surface area contributed by atoms with E-state index in [1.54, 1.807) is 7.05 Å². The van der Waals surface area contributed by atoms with Crippen molar-refractivity contribution in [3.05, 3.63) is 66.7 Å². The molecule has 2 aromatic heterocycles. The summed E-state index contributed by atoms with van der Waals surface area (Å²) >= 11 is 0. The SMILES string of the molecule is C[C@H](NS(=O)(=O)c1cnn(C)c1)c1cccc(-n2cccc2)c1. The standard InChI is InChI=1S/C16H18N4O2S/c1-13(18-23(21,22)16-11-17-19(2)12-16)14-6-5-7-15(10-14)20-8-3-4-9-20/h3-13,18H,1-2H3/t13-/m0/s1. The Morgan fingerprint density at radius 3 is 2.57 bits per heavy atom. The molecule has 120 valence electrons. The zero-order chi connectivity index (χ0) is 16.4. The molecule has 0 amide bonds. The summed E-state index contributed by atoms with van der Waals surface area (Å²) in [6, 6.07) is 11.3. The molecule has 3 rings (SSSR count). The number of aryl methyl sites for hydroxylation is 1. The first-order valence-corrected chi connectivity index (χ1v) is 8.68. The van der Waals surface area contributed by atoms with E-state index in [1.165, 1.54) is 17.1 Å². The quantitative estimate of drug-likeness (QED) is 0.780. The maximum absolute atomic E-state index is 12.4. The van der Waals surface area contributed by atoms with Gasteiger partial charge in [0.15, 0.2) is 0 Å². The number of sulfonamides is 1. The largest absolute Gasteiger partial charge is 0.324 e. The first-order valence-electron chi connectivity index (χ1n) is 7.20. The molecule has 0 unspecified atom stereocenters. The Kier molecular flexibility index (Phi) is 4.06. The van der Waals surface area contributed by atoms with E-state index in [0.717, 1.165) is 11.3 Å². The zero-order valence-corrected chi connectivity index (χ0v) is 13.7. The van der Waals surface area contributed by atoms with Gasteiger partial charge < -0.3 is 4.57 Å². The minimum absolute atomic E-state index is 0.161. The van der Waals surface area contributed by atoms with Gasteiger partial charge in [0.25, 0.3) is 0 Å². The van der Waals surface area contributed by atoms with Crippen molar-refractivity contribution in [2.24, 2.45) is 7.05 Å². The average Bonchev–Trinajstić information content (AvgIpc) is 3.18. The van der Waals surface area contributed by atoms with Crippen LogP contribution in [0.15, 0.2) is 66.1 Å². The van der Waals surface area contributed by atoms with Gasteiger partial charge in [-0.25, -0.2) is 13.1 Å². The van der Waals surface area contributed by atoms with Crippen LogP contribution in [-0.2, 0) is 17.1 Å². The van der Waals surface area contributed by atoms with Crippen molar-refractivity contribution in [1.29, 1.82) is 0 Å².